The molecular weight excluding hydrogens is 226 g/mol. The molecule has 0 aliphatic carbocycles. The van der Waals surface area contributed by atoms with Gasteiger partial charge in [0.15, 0.2) is 0 Å². The van der Waals surface area contributed by atoms with Crippen LogP contribution in [0.2, 0.25) is 5.02 Å². The molecule has 0 bridgehead atoms. The number of aromatic amines is 1. The number of nitrogens with one attached hydrogen (secondary N) is 2. The number of aromatic nitrogens is 2. The van der Waals surface area contributed by atoms with Gasteiger partial charge in [-0.15, -0.1) is 0 Å². The maximum atomic E-state index is 11.8. The highest BCUT2D eigenvalue weighted by Crippen LogP contribution is 2.17. The Hall–Kier alpha value is -1.81. The fourth-order valence-corrected chi connectivity index (χ4v) is 1.44. The second-order valence-corrected chi connectivity index (χ2v) is 3.81. The average molecular weight is 236 g/mol. The van der Waals surface area contributed by atoms with Crippen LogP contribution < -0.4 is 5.32 Å². The van der Waals surface area contributed by atoms with Gasteiger partial charge in [0.2, 0.25) is 0 Å². The lowest BCUT2D eigenvalue weighted by Gasteiger charge is -2.04. The van der Waals surface area contributed by atoms with Crippen LogP contribution in [0, 0.1) is 6.92 Å². The molecule has 1 heterocycles. The SMILES string of the molecule is Cc1ccc(C(=O)Nc2cn[nH]c2)cc1Cl. The minimum Gasteiger partial charge on any atom is -0.319 e. The van der Waals surface area contributed by atoms with Crippen molar-refractivity contribution in [2.45, 2.75) is 6.92 Å². The number of carbonyl (C=O) groups excluding carboxylic acids is 1. The second kappa shape index (κ2) is 4.37. The van der Waals surface area contributed by atoms with E-state index in [2.05, 4.69) is 15.5 Å². The third-order valence-electron chi connectivity index (χ3n) is 2.19. The Morgan fingerprint density at radius 2 is 2.31 bits per heavy atom. The first-order valence-electron chi connectivity index (χ1n) is 4.73. The Balaban J connectivity index is 2.18. The first-order valence-corrected chi connectivity index (χ1v) is 5.11. The summed E-state index contributed by atoms with van der Waals surface area (Å²) >= 11 is 5.94. The Bertz CT molecular complexity index is 508. The number of hydrogen-bond donors (Lipinski definition) is 2. The summed E-state index contributed by atoms with van der Waals surface area (Å²) in [7, 11) is 0. The molecule has 2 N–H and O–H groups in total. The molecule has 0 atom stereocenters. The van der Waals surface area contributed by atoms with Crippen molar-refractivity contribution >= 4 is 23.2 Å². The maximum absolute atomic E-state index is 11.8. The van der Waals surface area contributed by atoms with Crippen molar-refractivity contribution in [3.63, 3.8) is 0 Å². The van der Waals surface area contributed by atoms with Crippen LogP contribution >= 0.6 is 11.6 Å². The molecule has 16 heavy (non-hydrogen) atoms. The van der Waals surface area contributed by atoms with Crippen molar-refractivity contribution in [1.82, 2.24) is 10.2 Å². The predicted octanol–water partition coefficient (Wildman–Crippen LogP) is 2.62. The molecule has 82 valence electrons. The summed E-state index contributed by atoms with van der Waals surface area (Å²) in [5.41, 5.74) is 2.10. The van der Waals surface area contributed by atoms with Gasteiger partial charge >= 0.3 is 0 Å². The molecule has 1 aromatic carbocycles. The van der Waals surface area contributed by atoms with Gasteiger partial charge in [0.25, 0.3) is 5.91 Å². The average Bonchev–Trinajstić information content (AvgIpc) is 2.74. The fourth-order valence-electron chi connectivity index (χ4n) is 1.26. The number of nitrogens with zero attached hydrogens (tertiary/aromatic N) is 1. The van der Waals surface area contributed by atoms with Crippen molar-refractivity contribution in [2.75, 3.05) is 5.32 Å². The summed E-state index contributed by atoms with van der Waals surface area (Å²) in [6.45, 7) is 1.89. The summed E-state index contributed by atoms with van der Waals surface area (Å²) in [4.78, 5) is 11.8. The number of H-pyrrole nitrogens is 1. The molecule has 0 radical (unpaired) electrons. The van der Waals surface area contributed by atoms with E-state index in [0.29, 0.717) is 16.3 Å². The molecule has 1 aromatic heterocycles. The molecule has 0 saturated carbocycles. The van der Waals surface area contributed by atoms with Crippen LogP contribution in [-0.4, -0.2) is 16.1 Å². The smallest absolute Gasteiger partial charge is 0.255 e. The first kappa shape index (κ1) is 10.7. The van der Waals surface area contributed by atoms with E-state index < -0.39 is 0 Å². The van der Waals surface area contributed by atoms with Crippen molar-refractivity contribution in [2.24, 2.45) is 0 Å². The highest BCUT2D eigenvalue weighted by molar-refractivity contribution is 6.31. The lowest BCUT2D eigenvalue weighted by molar-refractivity contribution is 0.102. The molecular formula is C11H10ClN3O. The molecule has 0 spiro atoms. The molecule has 0 aliphatic heterocycles. The van der Waals surface area contributed by atoms with Gasteiger partial charge < -0.3 is 5.32 Å². The number of amides is 1. The van der Waals surface area contributed by atoms with Crippen LogP contribution in [0.4, 0.5) is 5.69 Å². The Morgan fingerprint density at radius 1 is 1.50 bits per heavy atom. The molecule has 4 nitrogen and oxygen atoms in total. The molecule has 1 amide bonds. The number of benzene rings is 1. The van der Waals surface area contributed by atoms with Crippen LogP contribution in [-0.2, 0) is 0 Å². The van der Waals surface area contributed by atoms with E-state index in [1.807, 2.05) is 13.0 Å². The molecule has 0 unspecified atom stereocenters. The molecule has 0 aliphatic rings. The van der Waals surface area contributed by atoms with E-state index in [1.165, 1.54) is 6.20 Å². The zero-order chi connectivity index (χ0) is 11.5. The van der Waals surface area contributed by atoms with Crippen LogP contribution in [0.1, 0.15) is 15.9 Å². The fraction of sp³-hybridized carbons (Fsp3) is 0.0909. The summed E-state index contributed by atoms with van der Waals surface area (Å²) < 4.78 is 0. The first-order chi connectivity index (χ1) is 7.66. The highest BCUT2D eigenvalue weighted by Gasteiger charge is 2.07. The van der Waals surface area contributed by atoms with Crippen molar-refractivity contribution in [3.05, 3.63) is 46.7 Å². The quantitative estimate of drug-likeness (QED) is 0.841. The number of halogens is 1. The number of aryl methyl sites for hydroxylation is 1. The van der Waals surface area contributed by atoms with Gasteiger partial charge in [-0.2, -0.15) is 5.10 Å². The van der Waals surface area contributed by atoms with Gasteiger partial charge in [-0.1, -0.05) is 17.7 Å². The maximum Gasteiger partial charge on any atom is 0.255 e. The van der Waals surface area contributed by atoms with Crippen LogP contribution in [0.15, 0.2) is 30.6 Å². The molecule has 0 saturated heterocycles. The molecule has 5 heteroatoms. The van der Waals surface area contributed by atoms with Gasteiger partial charge in [-0.3, -0.25) is 9.89 Å². The van der Waals surface area contributed by atoms with Gasteiger partial charge in [-0.25, -0.2) is 0 Å². The summed E-state index contributed by atoms with van der Waals surface area (Å²) in [6.07, 6.45) is 3.14. The van der Waals surface area contributed by atoms with E-state index in [-0.39, 0.29) is 5.91 Å². The van der Waals surface area contributed by atoms with E-state index in [4.69, 9.17) is 11.6 Å². The number of rotatable bonds is 2. The van der Waals surface area contributed by atoms with E-state index >= 15 is 0 Å². The molecule has 0 fully saturated rings. The van der Waals surface area contributed by atoms with E-state index in [1.54, 1.807) is 18.3 Å². The number of anilines is 1. The van der Waals surface area contributed by atoms with Gasteiger partial charge in [0, 0.05) is 16.8 Å². The lowest BCUT2D eigenvalue weighted by Crippen LogP contribution is -2.11. The summed E-state index contributed by atoms with van der Waals surface area (Å²) in [5, 5.41) is 9.63. The Morgan fingerprint density at radius 3 is 2.94 bits per heavy atom. The van der Waals surface area contributed by atoms with Crippen LogP contribution in [0.5, 0.6) is 0 Å². The number of hydrogen-bond acceptors (Lipinski definition) is 2. The topological polar surface area (TPSA) is 57.8 Å². The monoisotopic (exact) mass is 235 g/mol. The van der Waals surface area contributed by atoms with Crippen molar-refractivity contribution < 1.29 is 4.79 Å². The standard InChI is InChI=1S/C11H10ClN3O/c1-7-2-3-8(4-10(7)12)11(16)15-9-5-13-14-6-9/h2-6H,1H3,(H,13,14)(H,15,16). The van der Waals surface area contributed by atoms with Gasteiger partial charge in [0.1, 0.15) is 0 Å². The zero-order valence-electron chi connectivity index (χ0n) is 8.62. The summed E-state index contributed by atoms with van der Waals surface area (Å²) in [6, 6.07) is 5.19. The van der Waals surface area contributed by atoms with E-state index in [9.17, 15) is 4.79 Å². The highest BCUT2D eigenvalue weighted by atomic mass is 35.5. The largest absolute Gasteiger partial charge is 0.319 e. The number of carbonyl (C=O) groups is 1. The Kier molecular flexibility index (Phi) is 2.92. The predicted molar refractivity (Wildman–Crippen MR) is 62.7 cm³/mol. The second-order valence-electron chi connectivity index (χ2n) is 3.41. The van der Waals surface area contributed by atoms with Crippen LogP contribution in [0.25, 0.3) is 0 Å². The van der Waals surface area contributed by atoms with E-state index in [0.717, 1.165) is 5.56 Å². The normalized spacial score (nSPS) is 10.1. The third kappa shape index (κ3) is 2.23. The van der Waals surface area contributed by atoms with Crippen molar-refractivity contribution in [1.29, 1.82) is 0 Å². The summed E-state index contributed by atoms with van der Waals surface area (Å²) in [5.74, 6) is -0.205. The third-order valence-corrected chi connectivity index (χ3v) is 2.60. The molecule has 2 aromatic rings. The minimum absolute atomic E-state index is 0.205. The van der Waals surface area contributed by atoms with Crippen molar-refractivity contribution in [3.8, 4) is 0 Å². The van der Waals surface area contributed by atoms with Gasteiger partial charge in [-0.05, 0) is 24.6 Å². The lowest BCUT2D eigenvalue weighted by atomic mass is 10.1. The van der Waals surface area contributed by atoms with Crippen LogP contribution in [0.3, 0.4) is 0 Å². The minimum atomic E-state index is -0.205. The Labute approximate surface area is 97.6 Å². The molecule has 2 rings (SSSR count). The zero-order valence-corrected chi connectivity index (χ0v) is 9.38. The van der Waals surface area contributed by atoms with Gasteiger partial charge in [0.05, 0.1) is 11.9 Å².